The topological polar surface area (TPSA) is 63.7 Å². The van der Waals surface area contributed by atoms with E-state index in [1.807, 2.05) is 4.90 Å². The molecular weight excluding hydrogens is 326 g/mol. The molecule has 126 valence electrons. The van der Waals surface area contributed by atoms with Gasteiger partial charge in [-0.15, -0.1) is 11.8 Å². The van der Waals surface area contributed by atoms with Gasteiger partial charge in [-0.05, 0) is 12.2 Å². The Hall–Kier alpha value is -1.92. The minimum absolute atomic E-state index is 0.102. The molecule has 1 saturated heterocycles. The molecule has 24 heavy (non-hydrogen) atoms. The molecule has 0 atom stereocenters. The third kappa shape index (κ3) is 3.76. The first-order valence-corrected chi connectivity index (χ1v) is 9.03. The number of allylic oxidation sites excluding steroid dienone is 2. The van der Waals surface area contributed by atoms with Crippen LogP contribution in [-0.4, -0.2) is 54.4 Å². The number of nitrogens with zero attached hydrogens (tertiary/aromatic N) is 1. The van der Waals surface area contributed by atoms with Crippen LogP contribution in [0.25, 0.3) is 0 Å². The summed E-state index contributed by atoms with van der Waals surface area (Å²) in [6.07, 6.45) is 2.56. The molecular formula is C18H19NO4S. The Kier molecular flexibility index (Phi) is 5.48. The Balaban J connectivity index is 1.49. The standard InChI is InChI=1S/C18H19NO4S/c20-15-12-16(18(22)14-5-2-1-4-13(14)15)24-11-3-6-17(21)19-7-9-23-10-8-19/h1-2,4-5,12H,3,6-11H2. The van der Waals surface area contributed by atoms with Crippen LogP contribution in [0.4, 0.5) is 0 Å². The van der Waals surface area contributed by atoms with Crippen molar-refractivity contribution in [1.82, 2.24) is 4.90 Å². The molecule has 1 aromatic rings. The van der Waals surface area contributed by atoms with Gasteiger partial charge >= 0.3 is 0 Å². The molecule has 1 aromatic carbocycles. The summed E-state index contributed by atoms with van der Waals surface area (Å²) in [4.78, 5) is 38.8. The predicted octanol–water partition coefficient (Wildman–Crippen LogP) is 2.32. The van der Waals surface area contributed by atoms with Crippen LogP contribution in [-0.2, 0) is 9.53 Å². The van der Waals surface area contributed by atoms with Crippen LogP contribution in [0.15, 0.2) is 35.2 Å². The van der Waals surface area contributed by atoms with Gasteiger partial charge in [-0.25, -0.2) is 0 Å². The van der Waals surface area contributed by atoms with Crippen molar-refractivity contribution in [1.29, 1.82) is 0 Å². The minimum Gasteiger partial charge on any atom is -0.378 e. The van der Waals surface area contributed by atoms with Crippen molar-refractivity contribution in [3.63, 3.8) is 0 Å². The highest BCUT2D eigenvalue weighted by molar-refractivity contribution is 8.04. The lowest BCUT2D eigenvalue weighted by Crippen LogP contribution is -2.40. The van der Waals surface area contributed by atoms with Crippen LogP contribution in [0.2, 0.25) is 0 Å². The molecule has 1 fully saturated rings. The van der Waals surface area contributed by atoms with E-state index in [9.17, 15) is 14.4 Å². The number of Topliss-reactive ketones (excluding diaryl/α,β-unsaturated/α-hetero) is 1. The van der Waals surface area contributed by atoms with Crippen molar-refractivity contribution in [2.24, 2.45) is 0 Å². The van der Waals surface area contributed by atoms with Crippen molar-refractivity contribution >= 4 is 29.2 Å². The van der Waals surface area contributed by atoms with Crippen LogP contribution in [0, 0.1) is 0 Å². The maximum Gasteiger partial charge on any atom is 0.222 e. The normalized spacial score (nSPS) is 17.5. The van der Waals surface area contributed by atoms with Crippen molar-refractivity contribution < 1.29 is 19.1 Å². The van der Waals surface area contributed by atoms with Crippen LogP contribution in [0.3, 0.4) is 0 Å². The van der Waals surface area contributed by atoms with Crippen LogP contribution >= 0.6 is 11.8 Å². The molecule has 1 heterocycles. The van der Waals surface area contributed by atoms with Gasteiger partial charge in [0.15, 0.2) is 11.6 Å². The molecule has 0 radical (unpaired) electrons. The average Bonchev–Trinajstić information content (AvgIpc) is 2.63. The largest absolute Gasteiger partial charge is 0.378 e. The second-order valence-electron chi connectivity index (χ2n) is 5.69. The van der Waals surface area contributed by atoms with Crippen LogP contribution in [0.5, 0.6) is 0 Å². The van der Waals surface area contributed by atoms with Gasteiger partial charge in [0.25, 0.3) is 0 Å². The average molecular weight is 345 g/mol. The Morgan fingerprint density at radius 1 is 1.12 bits per heavy atom. The number of rotatable bonds is 5. The number of carbonyl (C=O) groups excluding carboxylic acids is 3. The van der Waals surface area contributed by atoms with Gasteiger partial charge in [-0.1, -0.05) is 24.3 Å². The summed E-state index contributed by atoms with van der Waals surface area (Å²) < 4.78 is 5.23. The summed E-state index contributed by atoms with van der Waals surface area (Å²) in [6.45, 7) is 2.51. The van der Waals surface area contributed by atoms with Crippen molar-refractivity contribution in [2.75, 3.05) is 32.1 Å². The first-order chi connectivity index (χ1) is 11.7. The molecule has 0 unspecified atom stereocenters. The lowest BCUT2D eigenvalue weighted by molar-refractivity contribution is -0.135. The van der Waals surface area contributed by atoms with E-state index in [0.29, 0.717) is 60.9 Å². The van der Waals surface area contributed by atoms with E-state index in [0.717, 1.165) is 0 Å². The van der Waals surface area contributed by atoms with Gasteiger partial charge in [0.2, 0.25) is 5.91 Å². The molecule has 0 spiro atoms. The zero-order chi connectivity index (χ0) is 16.9. The lowest BCUT2D eigenvalue weighted by Gasteiger charge is -2.26. The first kappa shape index (κ1) is 16.9. The quantitative estimate of drug-likeness (QED) is 0.767. The molecule has 2 aliphatic rings. The minimum atomic E-state index is -0.128. The second-order valence-corrected chi connectivity index (χ2v) is 6.83. The Morgan fingerprint density at radius 3 is 2.58 bits per heavy atom. The summed E-state index contributed by atoms with van der Waals surface area (Å²) in [7, 11) is 0. The first-order valence-electron chi connectivity index (χ1n) is 8.05. The van der Waals surface area contributed by atoms with E-state index in [1.54, 1.807) is 24.3 Å². The summed E-state index contributed by atoms with van der Waals surface area (Å²) in [5, 5.41) is 0. The summed E-state index contributed by atoms with van der Waals surface area (Å²) in [5.41, 5.74) is 0.936. The summed E-state index contributed by atoms with van der Waals surface area (Å²) in [6, 6.07) is 6.88. The number of ether oxygens (including phenoxy) is 1. The molecule has 6 heteroatoms. The fraction of sp³-hybridized carbons (Fsp3) is 0.389. The van der Waals surface area contributed by atoms with E-state index in [1.165, 1.54) is 17.8 Å². The third-order valence-corrected chi connectivity index (χ3v) is 5.19. The van der Waals surface area contributed by atoms with Crippen molar-refractivity contribution in [3.8, 4) is 0 Å². The highest BCUT2D eigenvalue weighted by atomic mass is 32.2. The number of hydrogen-bond acceptors (Lipinski definition) is 5. The lowest BCUT2D eigenvalue weighted by atomic mass is 9.95. The van der Waals surface area contributed by atoms with Gasteiger partial charge in [0.05, 0.1) is 18.1 Å². The highest BCUT2D eigenvalue weighted by Gasteiger charge is 2.25. The maximum absolute atomic E-state index is 12.4. The van der Waals surface area contributed by atoms with E-state index in [4.69, 9.17) is 4.74 Å². The maximum atomic E-state index is 12.4. The number of thioether (sulfide) groups is 1. The molecule has 1 amide bonds. The molecule has 0 N–H and O–H groups in total. The van der Waals surface area contributed by atoms with Gasteiger partial charge in [-0.3, -0.25) is 14.4 Å². The smallest absolute Gasteiger partial charge is 0.222 e. The monoisotopic (exact) mass is 345 g/mol. The number of benzene rings is 1. The molecule has 0 saturated carbocycles. The highest BCUT2D eigenvalue weighted by Crippen LogP contribution is 2.28. The van der Waals surface area contributed by atoms with Gasteiger partial charge in [-0.2, -0.15) is 0 Å². The molecule has 0 bridgehead atoms. The third-order valence-electron chi connectivity index (χ3n) is 4.08. The van der Waals surface area contributed by atoms with E-state index >= 15 is 0 Å². The summed E-state index contributed by atoms with van der Waals surface area (Å²) in [5.74, 6) is 0.541. The predicted molar refractivity (Wildman–Crippen MR) is 92.3 cm³/mol. The van der Waals surface area contributed by atoms with E-state index in [-0.39, 0.29) is 17.5 Å². The zero-order valence-corrected chi connectivity index (χ0v) is 14.1. The molecule has 0 aromatic heterocycles. The number of morpholine rings is 1. The molecule has 1 aliphatic heterocycles. The fourth-order valence-electron chi connectivity index (χ4n) is 2.77. The fourth-order valence-corrected chi connectivity index (χ4v) is 3.71. The van der Waals surface area contributed by atoms with Crippen molar-refractivity contribution in [2.45, 2.75) is 12.8 Å². The molecule has 3 rings (SSSR count). The Morgan fingerprint density at radius 2 is 1.83 bits per heavy atom. The SMILES string of the molecule is O=C1C=C(SCCCC(=O)N2CCOCC2)C(=O)c2ccccc21. The van der Waals surface area contributed by atoms with Crippen LogP contribution in [0.1, 0.15) is 33.6 Å². The summed E-state index contributed by atoms with van der Waals surface area (Å²) >= 11 is 1.36. The van der Waals surface area contributed by atoms with E-state index in [2.05, 4.69) is 0 Å². The van der Waals surface area contributed by atoms with Gasteiger partial charge < -0.3 is 9.64 Å². The zero-order valence-electron chi connectivity index (χ0n) is 13.3. The van der Waals surface area contributed by atoms with Crippen LogP contribution < -0.4 is 0 Å². The van der Waals surface area contributed by atoms with Crippen molar-refractivity contribution in [3.05, 3.63) is 46.4 Å². The number of carbonyl (C=O) groups is 3. The number of amides is 1. The number of ketones is 2. The Labute approximate surface area is 145 Å². The van der Waals surface area contributed by atoms with E-state index < -0.39 is 0 Å². The molecule has 1 aliphatic carbocycles. The second kappa shape index (κ2) is 7.77. The molecule has 5 nitrogen and oxygen atoms in total. The van der Waals surface area contributed by atoms with Gasteiger partial charge in [0.1, 0.15) is 0 Å². The number of fused-ring (bicyclic) bond motifs is 1. The Bertz CT molecular complexity index is 692. The van der Waals surface area contributed by atoms with Gasteiger partial charge in [0, 0.05) is 36.7 Å². The number of hydrogen-bond donors (Lipinski definition) is 0.